The van der Waals surface area contributed by atoms with E-state index in [-0.39, 0.29) is 11.3 Å². The van der Waals surface area contributed by atoms with Gasteiger partial charge in [0.25, 0.3) is 0 Å². The Morgan fingerprint density at radius 3 is 2.25 bits per heavy atom. The summed E-state index contributed by atoms with van der Waals surface area (Å²) in [6.07, 6.45) is 1.79. The highest BCUT2D eigenvalue weighted by Gasteiger charge is 2.10. The van der Waals surface area contributed by atoms with Gasteiger partial charge >= 0.3 is 0 Å². The summed E-state index contributed by atoms with van der Waals surface area (Å²) < 4.78 is 0. The number of hydrogen-bond acceptors (Lipinski definition) is 2. The van der Waals surface area contributed by atoms with Gasteiger partial charge in [-0.15, -0.1) is 0 Å². The highest BCUT2D eigenvalue weighted by atomic mass is 16.1. The van der Waals surface area contributed by atoms with Crippen LogP contribution < -0.4 is 5.32 Å². The van der Waals surface area contributed by atoms with Gasteiger partial charge in [0.15, 0.2) is 5.78 Å². The van der Waals surface area contributed by atoms with Crippen molar-refractivity contribution in [2.24, 2.45) is 0 Å². The lowest BCUT2D eigenvalue weighted by Gasteiger charge is -2.19. The molecule has 2 heteroatoms. The van der Waals surface area contributed by atoms with Crippen molar-refractivity contribution in [1.29, 1.82) is 0 Å². The summed E-state index contributed by atoms with van der Waals surface area (Å²) in [5.74, 6) is 0.0670. The Kier molecular flexibility index (Phi) is 3.88. The third-order valence-electron chi connectivity index (χ3n) is 2.12. The molecule has 0 radical (unpaired) electrons. The van der Waals surface area contributed by atoms with Crippen LogP contribution in [0.1, 0.15) is 38.1 Å². The summed E-state index contributed by atoms with van der Waals surface area (Å²) in [6, 6.07) is 9.31. The molecule has 0 aromatic heterocycles. The van der Waals surface area contributed by atoms with Crippen molar-refractivity contribution >= 4 is 5.78 Å². The van der Waals surface area contributed by atoms with Crippen LogP contribution in [0.4, 0.5) is 0 Å². The summed E-state index contributed by atoms with van der Waals surface area (Å²) in [7, 11) is 0. The molecule has 0 atom stereocenters. The topological polar surface area (TPSA) is 29.1 Å². The van der Waals surface area contributed by atoms with Crippen molar-refractivity contribution in [2.45, 2.75) is 33.2 Å². The predicted molar refractivity (Wildman–Crippen MR) is 67.4 cm³/mol. The number of Topliss-reactive ketones (excluding diaryl/α,β-unsaturated/α-hetero) is 1. The Balaban J connectivity index is 2.76. The second-order valence-electron chi connectivity index (χ2n) is 4.92. The molecule has 0 amide bonds. The van der Waals surface area contributed by atoms with Crippen molar-refractivity contribution in [1.82, 2.24) is 5.32 Å². The zero-order valence-electron chi connectivity index (χ0n) is 10.4. The van der Waals surface area contributed by atoms with Gasteiger partial charge in [0.1, 0.15) is 0 Å². The maximum absolute atomic E-state index is 12.0. The van der Waals surface area contributed by atoms with Crippen LogP contribution in [0.15, 0.2) is 42.1 Å². The fourth-order valence-electron chi connectivity index (χ4n) is 1.21. The van der Waals surface area contributed by atoms with Crippen LogP contribution in [-0.4, -0.2) is 11.3 Å². The van der Waals surface area contributed by atoms with E-state index in [0.29, 0.717) is 0 Å². The Bertz CT molecular complexity index is 385. The Labute approximate surface area is 97.4 Å². The molecule has 0 heterocycles. The average molecular weight is 217 g/mol. The zero-order valence-corrected chi connectivity index (χ0v) is 10.4. The normalized spacial score (nSPS) is 12.4. The van der Waals surface area contributed by atoms with Crippen molar-refractivity contribution in [3.63, 3.8) is 0 Å². The van der Waals surface area contributed by atoms with Gasteiger partial charge in [0.05, 0.1) is 0 Å². The number of carbonyl (C=O) groups is 1. The van der Waals surface area contributed by atoms with Crippen LogP contribution in [0.25, 0.3) is 0 Å². The third kappa shape index (κ3) is 3.89. The van der Waals surface area contributed by atoms with Gasteiger partial charge in [0.2, 0.25) is 0 Å². The summed E-state index contributed by atoms with van der Waals surface area (Å²) in [5.41, 5.74) is 1.44. The first kappa shape index (κ1) is 12.5. The largest absolute Gasteiger partial charge is 0.386 e. The van der Waals surface area contributed by atoms with E-state index in [4.69, 9.17) is 0 Å². The van der Waals surface area contributed by atoms with E-state index in [2.05, 4.69) is 26.1 Å². The lowest BCUT2D eigenvalue weighted by molar-refractivity contribution is 0.103. The summed E-state index contributed by atoms with van der Waals surface area (Å²) in [5, 5.41) is 3.19. The van der Waals surface area contributed by atoms with Crippen molar-refractivity contribution < 1.29 is 4.79 Å². The molecule has 0 aliphatic carbocycles. The molecule has 0 fully saturated rings. The first-order chi connectivity index (χ1) is 7.40. The molecule has 0 saturated heterocycles. The Morgan fingerprint density at radius 1 is 1.19 bits per heavy atom. The molecule has 1 rings (SSSR count). The van der Waals surface area contributed by atoms with E-state index in [9.17, 15) is 4.79 Å². The fourth-order valence-corrected chi connectivity index (χ4v) is 1.21. The molecule has 1 aromatic carbocycles. The summed E-state index contributed by atoms with van der Waals surface area (Å²) in [4.78, 5) is 12.0. The average Bonchev–Trinajstić information content (AvgIpc) is 2.25. The van der Waals surface area contributed by atoms with E-state index in [0.717, 1.165) is 11.1 Å². The lowest BCUT2D eigenvalue weighted by Crippen LogP contribution is -2.31. The second kappa shape index (κ2) is 4.97. The number of hydrogen-bond donors (Lipinski definition) is 1. The minimum Gasteiger partial charge on any atom is -0.386 e. The Hall–Kier alpha value is -1.57. The zero-order chi connectivity index (χ0) is 12.2. The van der Waals surface area contributed by atoms with Crippen LogP contribution >= 0.6 is 0 Å². The van der Waals surface area contributed by atoms with Gasteiger partial charge in [-0.25, -0.2) is 0 Å². The molecule has 1 aromatic rings. The van der Waals surface area contributed by atoms with Crippen LogP contribution in [0, 0.1) is 0 Å². The van der Waals surface area contributed by atoms with Crippen molar-refractivity contribution in [3.8, 4) is 0 Å². The standard InChI is InChI=1S/C14H19NO/c1-11(10-15-14(2,3)4)13(16)12-8-6-5-7-9-12/h5-10,15H,1-4H3/b11-10-. The van der Waals surface area contributed by atoms with Gasteiger partial charge in [0, 0.05) is 22.9 Å². The molecule has 0 aliphatic rings. The SMILES string of the molecule is C/C(=C/NC(C)(C)C)C(=O)c1ccccc1. The number of carbonyl (C=O) groups excluding carboxylic acids is 1. The molecular formula is C14H19NO. The van der Waals surface area contributed by atoms with E-state index in [1.807, 2.05) is 37.3 Å². The number of allylic oxidation sites excluding steroid dienone is 1. The second-order valence-corrected chi connectivity index (χ2v) is 4.92. The van der Waals surface area contributed by atoms with Gasteiger partial charge < -0.3 is 5.32 Å². The Morgan fingerprint density at radius 2 is 1.75 bits per heavy atom. The quantitative estimate of drug-likeness (QED) is 0.622. The molecule has 0 unspecified atom stereocenters. The highest BCUT2D eigenvalue weighted by Crippen LogP contribution is 2.08. The molecule has 0 bridgehead atoms. The van der Waals surface area contributed by atoms with Crippen molar-refractivity contribution in [3.05, 3.63) is 47.7 Å². The van der Waals surface area contributed by atoms with Gasteiger partial charge in [-0.1, -0.05) is 30.3 Å². The minimum atomic E-state index is -0.0156. The lowest BCUT2D eigenvalue weighted by atomic mass is 10.0. The van der Waals surface area contributed by atoms with Gasteiger partial charge in [-0.05, 0) is 27.7 Å². The number of ketones is 1. The van der Waals surface area contributed by atoms with E-state index >= 15 is 0 Å². The number of rotatable bonds is 3. The molecule has 0 spiro atoms. The fraction of sp³-hybridized carbons (Fsp3) is 0.357. The smallest absolute Gasteiger partial charge is 0.190 e. The molecule has 86 valence electrons. The summed E-state index contributed by atoms with van der Waals surface area (Å²) >= 11 is 0. The summed E-state index contributed by atoms with van der Waals surface area (Å²) in [6.45, 7) is 8.01. The van der Waals surface area contributed by atoms with Gasteiger partial charge in [-0.2, -0.15) is 0 Å². The van der Waals surface area contributed by atoms with E-state index in [1.54, 1.807) is 6.20 Å². The van der Waals surface area contributed by atoms with Crippen LogP contribution in [0.2, 0.25) is 0 Å². The number of nitrogens with one attached hydrogen (secondary N) is 1. The van der Waals surface area contributed by atoms with Crippen LogP contribution in [0.3, 0.4) is 0 Å². The van der Waals surface area contributed by atoms with E-state index < -0.39 is 0 Å². The first-order valence-corrected chi connectivity index (χ1v) is 5.44. The number of benzene rings is 1. The first-order valence-electron chi connectivity index (χ1n) is 5.44. The molecule has 16 heavy (non-hydrogen) atoms. The molecule has 1 N–H and O–H groups in total. The predicted octanol–water partition coefficient (Wildman–Crippen LogP) is 3.16. The van der Waals surface area contributed by atoms with E-state index in [1.165, 1.54) is 0 Å². The third-order valence-corrected chi connectivity index (χ3v) is 2.12. The monoisotopic (exact) mass is 217 g/mol. The maximum atomic E-state index is 12.0. The van der Waals surface area contributed by atoms with Crippen LogP contribution in [0.5, 0.6) is 0 Å². The minimum absolute atomic E-state index is 0.0156. The molecule has 0 aliphatic heterocycles. The molecule has 2 nitrogen and oxygen atoms in total. The molecular weight excluding hydrogens is 198 g/mol. The maximum Gasteiger partial charge on any atom is 0.190 e. The van der Waals surface area contributed by atoms with Gasteiger partial charge in [-0.3, -0.25) is 4.79 Å². The van der Waals surface area contributed by atoms with Crippen molar-refractivity contribution in [2.75, 3.05) is 0 Å². The molecule has 0 saturated carbocycles. The highest BCUT2D eigenvalue weighted by molar-refractivity contribution is 6.08. The van der Waals surface area contributed by atoms with Crippen LogP contribution in [-0.2, 0) is 0 Å².